The monoisotopic (exact) mass is 539 g/mol. The molecule has 0 spiro atoms. The lowest BCUT2D eigenvalue weighted by atomic mass is 10.1. The Bertz CT molecular complexity index is 1480. The van der Waals surface area contributed by atoms with Gasteiger partial charge in [-0.25, -0.2) is 9.19 Å². The van der Waals surface area contributed by atoms with Crippen LogP contribution in [-0.4, -0.2) is 38.5 Å². The van der Waals surface area contributed by atoms with Gasteiger partial charge in [0.1, 0.15) is 17.6 Å². The molecule has 13 heteroatoms. The highest BCUT2D eigenvalue weighted by molar-refractivity contribution is 7.93. The molecule has 0 aliphatic heterocycles. The number of ether oxygens (including phenoxy) is 1. The second-order valence-corrected chi connectivity index (χ2v) is 10.2. The first-order valence-electron chi connectivity index (χ1n) is 10.5. The fourth-order valence-corrected chi connectivity index (χ4v) is 4.30. The van der Waals surface area contributed by atoms with Gasteiger partial charge in [-0.05, 0) is 62.4 Å². The van der Waals surface area contributed by atoms with Crippen LogP contribution in [0.25, 0.3) is 0 Å². The Balaban J connectivity index is 1.98. The van der Waals surface area contributed by atoms with E-state index in [-0.39, 0.29) is 27.6 Å². The van der Waals surface area contributed by atoms with E-state index >= 15 is 0 Å². The van der Waals surface area contributed by atoms with E-state index in [0.29, 0.717) is 12.1 Å². The molecule has 0 saturated heterocycles. The number of halogens is 4. The van der Waals surface area contributed by atoms with Gasteiger partial charge in [0.25, 0.3) is 11.8 Å². The molecule has 196 valence electrons. The Morgan fingerprint density at radius 2 is 1.81 bits per heavy atom. The van der Waals surface area contributed by atoms with E-state index in [4.69, 9.17) is 4.74 Å². The Morgan fingerprint density at radius 3 is 2.43 bits per heavy atom. The molecule has 1 heterocycles. The van der Waals surface area contributed by atoms with Gasteiger partial charge in [-0.2, -0.15) is 21.9 Å². The zero-order chi connectivity index (χ0) is 27.5. The van der Waals surface area contributed by atoms with Gasteiger partial charge in [-0.15, -0.1) is 0 Å². The van der Waals surface area contributed by atoms with Crippen molar-refractivity contribution in [1.82, 2.24) is 4.98 Å². The molecule has 3 rings (SSSR count). The lowest BCUT2D eigenvalue weighted by molar-refractivity contribution is -0.137. The van der Waals surface area contributed by atoms with Gasteiger partial charge in [-0.3, -0.25) is 9.59 Å². The summed E-state index contributed by atoms with van der Waals surface area (Å²) in [6.45, 7) is 2.55. The number of benzene rings is 2. The molecular formula is C24H21F4N3O5S. The summed E-state index contributed by atoms with van der Waals surface area (Å²) < 4.78 is 75.2. The summed E-state index contributed by atoms with van der Waals surface area (Å²) in [7, 11) is -3.28. The van der Waals surface area contributed by atoms with Crippen molar-refractivity contribution in [2.45, 2.75) is 31.0 Å². The molecule has 37 heavy (non-hydrogen) atoms. The van der Waals surface area contributed by atoms with Crippen molar-refractivity contribution in [1.29, 1.82) is 0 Å². The molecule has 1 aromatic heterocycles. The quantitative estimate of drug-likeness (QED) is 0.338. The third-order valence-corrected chi connectivity index (χ3v) is 6.58. The van der Waals surface area contributed by atoms with Crippen molar-refractivity contribution < 1.29 is 41.2 Å². The largest absolute Gasteiger partial charge is 0.455 e. The average Bonchev–Trinajstić information content (AvgIpc) is 2.80. The molecule has 2 atom stereocenters. The van der Waals surface area contributed by atoms with Crippen molar-refractivity contribution in [3.05, 3.63) is 77.4 Å². The molecule has 0 unspecified atom stereocenters. The van der Waals surface area contributed by atoms with Crippen molar-refractivity contribution in [3.63, 3.8) is 0 Å². The molecule has 8 nitrogen and oxygen atoms in total. The highest BCUT2D eigenvalue weighted by atomic mass is 32.2. The molecule has 2 amide bonds. The number of aromatic nitrogens is 1. The smallest absolute Gasteiger partial charge is 0.416 e. The lowest BCUT2D eigenvalue weighted by Gasteiger charge is -2.16. The molecule has 0 aliphatic rings. The average molecular weight is 540 g/mol. The molecule has 0 fully saturated rings. The van der Waals surface area contributed by atoms with Crippen LogP contribution in [0.1, 0.15) is 28.5 Å². The van der Waals surface area contributed by atoms with Gasteiger partial charge in [0.15, 0.2) is 0 Å². The maximum absolute atomic E-state index is 13.3. The molecule has 0 aliphatic carbocycles. The van der Waals surface area contributed by atoms with E-state index in [0.717, 1.165) is 12.1 Å². The number of hydrogen-bond donors (Lipinski definition) is 2. The van der Waals surface area contributed by atoms with E-state index in [1.54, 1.807) is 0 Å². The highest BCUT2D eigenvalue weighted by Gasteiger charge is 2.32. The summed E-state index contributed by atoms with van der Waals surface area (Å²) in [6, 6.07) is 9.89. The number of aliphatic hydroxyl groups excluding tert-OH is 1. The standard InChI is InChI=1S/C24H21F4N3O5S/c1-13-19(9-10-21(25)29-13)36-20-11-15(24(26,27)28)7-8-18(20)23(34)30-16-5-4-6-17(12-16)37(3,35)31-22(33)14(2)32/h4-12,14,32H,1-3H3,(H,30,34)/t14-,37+/m0/s1. The van der Waals surface area contributed by atoms with E-state index < -0.39 is 51.1 Å². The van der Waals surface area contributed by atoms with Crippen LogP contribution < -0.4 is 10.1 Å². The fraction of sp³-hybridized carbons (Fsp3) is 0.208. The highest BCUT2D eigenvalue weighted by Crippen LogP contribution is 2.36. The Morgan fingerprint density at radius 1 is 1.11 bits per heavy atom. The number of carbonyl (C=O) groups is 2. The predicted octanol–water partition coefficient (Wildman–Crippen LogP) is 4.96. The van der Waals surface area contributed by atoms with Crippen LogP contribution in [0.3, 0.4) is 0 Å². The van der Waals surface area contributed by atoms with E-state index in [1.165, 1.54) is 50.4 Å². The van der Waals surface area contributed by atoms with Crippen molar-refractivity contribution in [3.8, 4) is 11.5 Å². The van der Waals surface area contributed by atoms with E-state index in [1.807, 2.05) is 0 Å². The van der Waals surface area contributed by atoms with Crippen LogP contribution in [0.15, 0.2) is 63.9 Å². The third kappa shape index (κ3) is 6.89. The number of aryl methyl sites for hydroxylation is 1. The number of pyridine rings is 1. The van der Waals surface area contributed by atoms with Gasteiger partial charge < -0.3 is 15.2 Å². The summed E-state index contributed by atoms with van der Waals surface area (Å²) in [5.41, 5.74) is -1.22. The van der Waals surface area contributed by atoms with E-state index in [9.17, 15) is 36.5 Å². The number of hydrogen-bond acceptors (Lipinski definition) is 6. The number of nitrogens with zero attached hydrogens (tertiary/aromatic N) is 2. The second kappa shape index (κ2) is 10.6. The van der Waals surface area contributed by atoms with Gasteiger partial charge >= 0.3 is 6.18 Å². The predicted molar refractivity (Wildman–Crippen MR) is 126 cm³/mol. The maximum atomic E-state index is 13.3. The number of rotatable bonds is 6. The zero-order valence-electron chi connectivity index (χ0n) is 19.7. The Hall–Kier alpha value is -3.84. The van der Waals surface area contributed by atoms with Crippen LogP contribution in [-0.2, 0) is 20.7 Å². The number of aliphatic hydroxyl groups is 1. The minimum absolute atomic E-state index is 0.0460. The minimum atomic E-state index is -4.73. The second-order valence-electron chi connectivity index (χ2n) is 7.92. The van der Waals surface area contributed by atoms with Crippen molar-refractivity contribution >= 4 is 27.2 Å². The normalized spacial score (nSPS) is 13.8. The van der Waals surface area contributed by atoms with Crippen LogP contribution in [0.5, 0.6) is 11.5 Å². The maximum Gasteiger partial charge on any atom is 0.416 e. The Kier molecular flexibility index (Phi) is 7.98. The topological polar surface area (TPSA) is 118 Å². The van der Waals surface area contributed by atoms with Crippen LogP contribution >= 0.6 is 0 Å². The summed E-state index contributed by atoms with van der Waals surface area (Å²) in [4.78, 5) is 28.4. The summed E-state index contributed by atoms with van der Waals surface area (Å²) in [5.74, 6) is -3.20. The molecule has 2 N–H and O–H groups in total. The van der Waals surface area contributed by atoms with Crippen molar-refractivity contribution in [2.24, 2.45) is 4.36 Å². The molecular weight excluding hydrogens is 518 g/mol. The lowest BCUT2D eigenvalue weighted by Crippen LogP contribution is -2.16. The first-order chi connectivity index (χ1) is 17.2. The number of amides is 2. The molecule has 3 aromatic rings. The van der Waals surface area contributed by atoms with Gasteiger partial charge in [0.05, 0.1) is 26.5 Å². The van der Waals surface area contributed by atoms with Crippen LogP contribution in [0, 0.1) is 12.9 Å². The molecule has 0 bridgehead atoms. The number of anilines is 1. The van der Waals surface area contributed by atoms with Crippen LogP contribution in [0.4, 0.5) is 23.2 Å². The molecule has 0 radical (unpaired) electrons. The SMILES string of the molecule is Cc1nc(F)ccc1Oc1cc(C(F)(F)F)ccc1C(=O)Nc1cccc([S@@](C)(=O)=NC(=O)[C@H](C)O)c1. The number of alkyl halides is 3. The number of nitrogens with one attached hydrogen (secondary N) is 1. The van der Waals surface area contributed by atoms with Gasteiger partial charge in [-0.1, -0.05) is 6.07 Å². The summed E-state index contributed by atoms with van der Waals surface area (Å²) in [6.07, 6.45) is -5.01. The van der Waals surface area contributed by atoms with Gasteiger partial charge in [0.2, 0.25) is 5.95 Å². The molecule has 0 saturated carbocycles. The third-order valence-electron chi connectivity index (χ3n) is 4.93. The molecule has 2 aromatic carbocycles. The number of carbonyl (C=O) groups excluding carboxylic acids is 2. The summed E-state index contributed by atoms with van der Waals surface area (Å²) in [5, 5.41) is 11.8. The summed E-state index contributed by atoms with van der Waals surface area (Å²) >= 11 is 0. The fourth-order valence-electron chi connectivity index (χ4n) is 3.02. The first-order valence-corrected chi connectivity index (χ1v) is 12.5. The van der Waals surface area contributed by atoms with Crippen LogP contribution in [0.2, 0.25) is 0 Å². The minimum Gasteiger partial charge on any atom is -0.455 e. The van der Waals surface area contributed by atoms with E-state index in [2.05, 4.69) is 14.7 Å². The zero-order valence-corrected chi connectivity index (χ0v) is 20.5. The van der Waals surface area contributed by atoms with Crippen molar-refractivity contribution in [2.75, 3.05) is 11.6 Å². The Labute approximate surface area is 209 Å². The van der Waals surface area contributed by atoms with Gasteiger partial charge in [0, 0.05) is 16.8 Å². The first kappa shape index (κ1) is 27.7.